The lowest BCUT2D eigenvalue weighted by molar-refractivity contribution is -0.148. The summed E-state index contributed by atoms with van der Waals surface area (Å²) in [6.45, 7) is 6.15. The number of allylic oxidation sites excluding steroid dienone is 2. The van der Waals surface area contributed by atoms with Crippen LogP contribution >= 0.6 is 0 Å². The molecule has 2 nitrogen and oxygen atoms in total. The predicted molar refractivity (Wildman–Crippen MR) is 68.4 cm³/mol. The van der Waals surface area contributed by atoms with Crippen LogP contribution in [0, 0.1) is 0 Å². The van der Waals surface area contributed by atoms with Crippen molar-refractivity contribution in [3.8, 4) is 0 Å². The molecule has 0 aliphatic rings. The second-order valence-corrected chi connectivity index (χ2v) is 4.21. The van der Waals surface area contributed by atoms with Gasteiger partial charge in [0.15, 0.2) is 0 Å². The number of esters is 1. The molecule has 0 saturated heterocycles. The smallest absolute Gasteiger partial charge is 0.306 e. The summed E-state index contributed by atoms with van der Waals surface area (Å²) < 4.78 is 5.17. The highest BCUT2D eigenvalue weighted by Crippen LogP contribution is 2.03. The molecule has 2 heteroatoms. The Balaban J connectivity index is 3.39. The molecule has 0 spiro atoms. The van der Waals surface area contributed by atoms with E-state index in [4.69, 9.17) is 4.74 Å². The van der Waals surface area contributed by atoms with Gasteiger partial charge in [-0.15, -0.1) is 0 Å². The van der Waals surface area contributed by atoms with Gasteiger partial charge in [-0.25, -0.2) is 0 Å². The third-order valence-electron chi connectivity index (χ3n) is 2.56. The molecule has 0 N–H and O–H groups in total. The van der Waals surface area contributed by atoms with Gasteiger partial charge < -0.3 is 4.74 Å². The Labute approximate surface area is 100 Å². The lowest BCUT2D eigenvalue weighted by Gasteiger charge is -2.09. The fourth-order valence-corrected chi connectivity index (χ4v) is 1.32. The molecule has 0 bridgehead atoms. The molecular formula is C14H26O2. The molecule has 0 fully saturated rings. The highest BCUT2D eigenvalue weighted by molar-refractivity contribution is 5.69. The third-order valence-corrected chi connectivity index (χ3v) is 2.56. The quantitative estimate of drug-likeness (QED) is 0.334. The molecular weight excluding hydrogens is 200 g/mol. The first-order chi connectivity index (χ1) is 7.70. The molecule has 0 rings (SSSR count). The zero-order valence-corrected chi connectivity index (χ0v) is 11.0. The van der Waals surface area contributed by atoms with E-state index in [1.807, 2.05) is 13.8 Å². The van der Waals surface area contributed by atoms with E-state index in [9.17, 15) is 4.79 Å². The number of unbranched alkanes of at least 4 members (excludes halogenated alkanes) is 3. The van der Waals surface area contributed by atoms with Crippen LogP contribution in [-0.4, -0.2) is 12.1 Å². The van der Waals surface area contributed by atoms with Crippen LogP contribution in [0.15, 0.2) is 12.2 Å². The third kappa shape index (κ3) is 9.75. The van der Waals surface area contributed by atoms with Crippen molar-refractivity contribution >= 4 is 5.97 Å². The van der Waals surface area contributed by atoms with Gasteiger partial charge in [-0.1, -0.05) is 38.8 Å². The Morgan fingerprint density at radius 3 is 2.50 bits per heavy atom. The highest BCUT2D eigenvalue weighted by atomic mass is 16.5. The SMILES string of the molecule is CCCCC/C=C\CCC(=O)OC(C)CC. The van der Waals surface area contributed by atoms with Gasteiger partial charge in [-0.3, -0.25) is 4.79 Å². The van der Waals surface area contributed by atoms with Gasteiger partial charge in [-0.05, 0) is 32.6 Å². The minimum Gasteiger partial charge on any atom is -0.463 e. The van der Waals surface area contributed by atoms with Crippen LogP contribution in [0.1, 0.15) is 65.7 Å². The van der Waals surface area contributed by atoms with Crippen LogP contribution in [0.25, 0.3) is 0 Å². The van der Waals surface area contributed by atoms with Crippen molar-refractivity contribution in [2.45, 2.75) is 71.8 Å². The topological polar surface area (TPSA) is 26.3 Å². The van der Waals surface area contributed by atoms with Crippen LogP contribution in [0.4, 0.5) is 0 Å². The number of hydrogen-bond donors (Lipinski definition) is 0. The zero-order chi connectivity index (χ0) is 12.2. The van der Waals surface area contributed by atoms with Gasteiger partial charge in [0.1, 0.15) is 0 Å². The van der Waals surface area contributed by atoms with E-state index in [0.29, 0.717) is 6.42 Å². The molecule has 0 aliphatic carbocycles. The molecule has 0 aliphatic heterocycles. The second kappa shape index (κ2) is 10.7. The Kier molecular flexibility index (Phi) is 10.2. The first kappa shape index (κ1) is 15.2. The monoisotopic (exact) mass is 226 g/mol. The van der Waals surface area contributed by atoms with Crippen molar-refractivity contribution in [2.24, 2.45) is 0 Å². The molecule has 0 aromatic rings. The maximum absolute atomic E-state index is 11.3. The van der Waals surface area contributed by atoms with Gasteiger partial charge in [-0.2, -0.15) is 0 Å². The summed E-state index contributed by atoms with van der Waals surface area (Å²) in [5.41, 5.74) is 0. The summed E-state index contributed by atoms with van der Waals surface area (Å²) in [5, 5.41) is 0. The first-order valence-corrected chi connectivity index (χ1v) is 6.55. The maximum Gasteiger partial charge on any atom is 0.306 e. The Morgan fingerprint density at radius 1 is 1.19 bits per heavy atom. The molecule has 0 aromatic heterocycles. The van der Waals surface area contributed by atoms with Crippen LogP contribution in [0.2, 0.25) is 0 Å². The van der Waals surface area contributed by atoms with Crippen LogP contribution in [-0.2, 0) is 9.53 Å². The number of carbonyl (C=O) groups excluding carboxylic acids is 1. The van der Waals surface area contributed by atoms with Gasteiger partial charge in [0.2, 0.25) is 0 Å². The van der Waals surface area contributed by atoms with E-state index in [-0.39, 0.29) is 12.1 Å². The van der Waals surface area contributed by atoms with Gasteiger partial charge >= 0.3 is 5.97 Å². The first-order valence-electron chi connectivity index (χ1n) is 6.55. The van der Waals surface area contributed by atoms with Crippen molar-refractivity contribution in [3.05, 3.63) is 12.2 Å². The number of rotatable bonds is 9. The number of carbonyl (C=O) groups is 1. The van der Waals surface area contributed by atoms with E-state index in [0.717, 1.165) is 19.3 Å². The Hall–Kier alpha value is -0.790. The Bertz CT molecular complexity index is 197. The molecule has 94 valence electrons. The van der Waals surface area contributed by atoms with Gasteiger partial charge in [0.05, 0.1) is 6.10 Å². The summed E-state index contributed by atoms with van der Waals surface area (Å²) in [5.74, 6) is -0.0763. The Morgan fingerprint density at radius 2 is 1.88 bits per heavy atom. The minimum absolute atomic E-state index is 0.0565. The van der Waals surface area contributed by atoms with Gasteiger partial charge in [0, 0.05) is 6.42 Å². The fraction of sp³-hybridized carbons (Fsp3) is 0.786. The van der Waals surface area contributed by atoms with Crippen molar-refractivity contribution in [1.29, 1.82) is 0 Å². The summed E-state index contributed by atoms with van der Waals surface area (Å²) in [6, 6.07) is 0. The molecule has 0 saturated carbocycles. The van der Waals surface area contributed by atoms with Crippen molar-refractivity contribution < 1.29 is 9.53 Å². The number of hydrogen-bond acceptors (Lipinski definition) is 2. The normalized spacial score (nSPS) is 12.9. The average molecular weight is 226 g/mol. The van der Waals surface area contributed by atoms with E-state index >= 15 is 0 Å². The van der Waals surface area contributed by atoms with Crippen LogP contribution in [0.3, 0.4) is 0 Å². The van der Waals surface area contributed by atoms with Crippen LogP contribution in [0.5, 0.6) is 0 Å². The molecule has 1 unspecified atom stereocenters. The average Bonchev–Trinajstić information content (AvgIpc) is 2.27. The van der Waals surface area contributed by atoms with Crippen LogP contribution < -0.4 is 0 Å². The fourth-order valence-electron chi connectivity index (χ4n) is 1.32. The van der Waals surface area contributed by atoms with Gasteiger partial charge in [0.25, 0.3) is 0 Å². The minimum atomic E-state index is -0.0763. The summed E-state index contributed by atoms with van der Waals surface area (Å²) in [4.78, 5) is 11.3. The lowest BCUT2D eigenvalue weighted by atomic mass is 10.2. The summed E-state index contributed by atoms with van der Waals surface area (Å²) in [6.07, 6.45) is 11.5. The largest absolute Gasteiger partial charge is 0.463 e. The molecule has 0 heterocycles. The van der Waals surface area contributed by atoms with Crippen molar-refractivity contribution in [3.63, 3.8) is 0 Å². The summed E-state index contributed by atoms with van der Waals surface area (Å²) >= 11 is 0. The summed E-state index contributed by atoms with van der Waals surface area (Å²) in [7, 11) is 0. The standard InChI is InChI=1S/C14H26O2/c1-4-6-7-8-9-10-11-12-14(15)16-13(3)5-2/h9-10,13H,4-8,11-12H2,1-3H3/b10-9-. The van der Waals surface area contributed by atoms with E-state index < -0.39 is 0 Å². The van der Waals surface area contributed by atoms with E-state index in [2.05, 4.69) is 19.1 Å². The zero-order valence-electron chi connectivity index (χ0n) is 11.0. The molecule has 0 radical (unpaired) electrons. The van der Waals surface area contributed by atoms with E-state index in [1.54, 1.807) is 0 Å². The van der Waals surface area contributed by atoms with Crippen molar-refractivity contribution in [1.82, 2.24) is 0 Å². The maximum atomic E-state index is 11.3. The lowest BCUT2D eigenvalue weighted by Crippen LogP contribution is -2.13. The number of ether oxygens (including phenoxy) is 1. The predicted octanol–water partition coefficient (Wildman–Crippen LogP) is 4.24. The molecule has 16 heavy (non-hydrogen) atoms. The molecule has 0 amide bonds. The molecule has 1 atom stereocenters. The van der Waals surface area contributed by atoms with Crippen molar-refractivity contribution in [2.75, 3.05) is 0 Å². The molecule has 0 aromatic carbocycles. The second-order valence-electron chi connectivity index (χ2n) is 4.21. The highest BCUT2D eigenvalue weighted by Gasteiger charge is 2.05. The van der Waals surface area contributed by atoms with E-state index in [1.165, 1.54) is 19.3 Å².